The quantitative estimate of drug-likeness (QED) is 0.431. The molecule has 4 nitrogen and oxygen atoms in total. The highest BCUT2D eigenvalue weighted by Crippen LogP contribution is 1.88. The molecule has 0 aliphatic rings. The maximum absolute atomic E-state index is 8.68. The van der Waals surface area contributed by atoms with Gasteiger partial charge in [-0.15, -0.1) is 0 Å². The number of methoxy groups -OCH3 is 1. The number of hydrogen-bond acceptors (Lipinski definition) is 4. The fraction of sp³-hybridized carbons (Fsp3) is 1.00. The maximum Gasteiger partial charge on any atom is 0.0607 e. The number of ether oxygens (including phenoxy) is 1. The van der Waals surface area contributed by atoms with E-state index in [9.17, 15) is 0 Å². The van der Waals surface area contributed by atoms with Crippen LogP contribution in [-0.4, -0.2) is 49.7 Å². The Morgan fingerprint density at radius 1 is 1.25 bits per heavy atom. The van der Waals surface area contributed by atoms with E-state index in [0.717, 1.165) is 26.0 Å². The smallest absolute Gasteiger partial charge is 0.0607 e. The Morgan fingerprint density at radius 2 is 1.92 bits per heavy atom. The number of aliphatic hydroxyl groups excluding tert-OH is 2. The maximum atomic E-state index is 8.68. The highest BCUT2D eigenvalue weighted by atomic mass is 16.5. The van der Waals surface area contributed by atoms with Gasteiger partial charge in [0.2, 0.25) is 0 Å². The molecule has 0 unspecified atom stereocenters. The van der Waals surface area contributed by atoms with Crippen molar-refractivity contribution in [2.45, 2.75) is 18.9 Å². The molecule has 0 heterocycles. The van der Waals surface area contributed by atoms with Gasteiger partial charge >= 0.3 is 0 Å². The molecule has 12 heavy (non-hydrogen) atoms. The minimum atomic E-state index is -0.174. The Hall–Kier alpha value is -0.160. The minimum absolute atomic E-state index is 0.0131. The van der Waals surface area contributed by atoms with Crippen molar-refractivity contribution in [3.8, 4) is 0 Å². The Labute approximate surface area is 73.5 Å². The molecule has 0 radical (unpaired) electrons. The van der Waals surface area contributed by atoms with E-state index in [0.29, 0.717) is 0 Å². The minimum Gasteiger partial charge on any atom is -0.395 e. The van der Waals surface area contributed by atoms with Crippen LogP contribution in [0.3, 0.4) is 0 Å². The van der Waals surface area contributed by atoms with Crippen LogP contribution in [0.1, 0.15) is 12.8 Å². The normalized spacial score (nSPS) is 11.0. The van der Waals surface area contributed by atoms with Crippen molar-refractivity contribution < 1.29 is 14.9 Å². The molecular formula is C8H19NO3. The first kappa shape index (κ1) is 11.8. The van der Waals surface area contributed by atoms with Gasteiger partial charge in [-0.1, -0.05) is 0 Å². The highest BCUT2D eigenvalue weighted by molar-refractivity contribution is 4.62. The Kier molecular flexibility index (Phi) is 8.81. The molecule has 0 amide bonds. The monoisotopic (exact) mass is 177 g/mol. The molecule has 0 saturated carbocycles. The van der Waals surface area contributed by atoms with E-state index in [2.05, 4.69) is 5.32 Å². The molecule has 0 bridgehead atoms. The summed E-state index contributed by atoms with van der Waals surface area (Å²) in [6, 6.07) is -0.174. The van der Waals surface area contributed by atoms with Crippen LogP contribution >= 0.6 is 0 Å². The molecule has 0 aromatic rings. The number of nitrogens with one attached hydrogen (secondary N) is 1. The first-order valence-corrected chi connectivity index (χ1v) is 4.29. The van der Waals surface area contributed by atoms with Crippen LogP contribution in [-0.2, 0) is 4.74 Å². The van der Waals surface area contributed by atoms with Gasteiger partial charge in [0.15, 0.2) is 0 Å². The third-order valence-electron chi connectivity index (χ3n) is 1.65. The van der Waals surface area contributed by atoms with Gasteiger partial charge in [-0.3, -0.25) is 0 Å². The van der Waals surface area contributed by atoms with Gasteiger partial charge < -0.3 is 20.3 Å². The van der Waals surface area contributed by atoms with E-state index in [1.54, 1.807) is 7.11 Å². The number of hydrogen-bond donors (Lipinski definition) is 3. The van der Waals surface area contributed by atoms with Crippen molar-refractivity contribution in [2.75, 3.05) is 33.5 Å². The lowest BCUT2D eigenvalue weighted by Gasteiger charge is -2.12. The summed E-state index contributed by atoms with van der Waals surface area (Å²) < 4.78 is 4.87. The van der Waals surface area contributed by atoms with E-state index >= 15 is 0 Å². The van der Waals surface area contributed by atoms with Crippen molar-refractivity contribution in [3.63, 3.8) is 0 Å². The average molecular weight is 177 g/mol. The average Bonchev–Trinajstić information content (AvgIpc) is 2.11. The fourth-order valence-electron chi connectivity index (χ4n) is 0.864. The zero-order chi connectivity index (χ0) is 9.23. The van der Waals surface area contributed by atoms with Gasteiger partial charge in [0, 0.05) is 13.7 Å². The van der Waals surface area contributed by atoms with Gasteiger partial charge in [-0.25, -0.2) is 0 Å². The van der Waals surface area contributed by atoms with Gasteiger partial charge in [0.25, 0.3) is 0 Å². The van der Waals surface area contributed by atoms with E-state index in [1.165, 1.54) is 0 Å². The Bertz CT molecular complexity index is 86.4. The third kappa shape index (κ3) is 6.54. The lowest BCUT2D eigenvalue weighted by Crippen LogP contribution is -2.36. The van der Waals surface area contributed by atoms with Crippen LogP contribution < -0.4 is 5.32 Å². The van der Waals surface area contributed by atoms with Crippen molar-refractivity contribution in [1.29, 1.82) is 0 Å². The molecule has 0 aromatic heterocycles. The molecular weight excluding hydrogens is 158 g/mol. The van der Waals surface area contributed by atoms with Gasteiger partial charge in [0.05, 0.1) is 19.3 Å². The third-order valence-corrected chi connectivity index (χ3v) is 1.65. The van der Waals surface area contributed by atoms with Gasteiger partial charge in [0.1, 0.15) is 0 Å². The van der Waals surface area contributed by atoms with Crippen molar-refractivity contribution in [1.82, 2.24) is 5.32 Å². The summed E-state index contributed by atoms with van der Waals surface area (Å²) >= 11 is 0. The van der Waals surface area contributed by atoms with Crippen LogP contribution in [0.25, 0.3) is 0 Å². The summed E-state index contributed by atoms with van der Waals surface area (Å²) in [5.41, 5.74) is 0. The predicted octanol–water partition coefficient (Wildman–Crippen LogP) is -0.644. The Balaban J connectivity index is 3.06. The summed E-state index contributed by atoms with van der Waals surface area (Å²) in [4.78, 5) is 0. The lowest BCUT2D eigenvalue weighted by atomic mass is 10.3. The standard InChI is InChI=1S/C8H19NO3/c1-12-5-3-2-4-9-8(6-10)7-11/h8-11H,2-7H2,1H3. The molecule has 0 aromatic carbocycles. The summed E-state index contributed by atoms with van der Waals surface area (Å²) in [6.45, 7) is 1.56. The molecule has 3 N–H and O–H groups in total. The zero-order valence-corrected chi connectivity index (χ0v) is 7.62. The summed E-state index contributed by atoms with van der Waals surface area (Å²) in [7, 11) is 1.68. The summed E-state index contributed by atoms with van der Waals surface area (Å²) in [5.74, 6) is 0. The van der Waals surface area contributed by atoms with Crippen molar-refractivity contribution in [2.24, 2.45) is 0 Å². The highest BCUT2D eigenvalue weighted by Gasteiger charge is 2.02. The molecule has 0 atom stereocenters. The molecule has 4 heteroatoms. The molecule has 0 aliphatic heterocycles. The number of rotatable bonds is 8. The molecule has 0 saturated heterocycles. The van der Waals surface area contributed by atoms with E-state index in [-0.39, 0.29) is 19.3 Å². The second-order valence-corrected chi connectivity index (χ2v) is 2.72. The zero-order valence-electron chi connectivity index (χ0n) is 7.62. The SMILES string of the molecule is COCCCCNC(CO)CO. The van der Waals surface area contributed by atoms with Gasteiger partial charge in [-0.2, -0.15) is 0 Å². The van der Waals surface area contributed by atoms with Crippen LogP contribution in [0.4, 0.5) is 0 Å². The Morgan fingerprint density at radius 3 is 2.42 bits per heavy atom. The van der Waals surface area contributed by atoms with Crippen LogP contribution in [0.5, 0.6) is 0 Å². The molecule has 0 aliphatic carbocycles. The molecule has 74 valence electrons. The van der Waals surface area contributed by atoms with Crippen LogP contribution in [0, 0.1) is 0 Å². The summed E-state index contributed by atoms with van der Waals surface area (Å²) in [6.07, 6.45) is 2.01. The van der Waals surface area contributed by atoms with E-state index in [1.807, 2.05) is 0 Å². The second kappa shape index (κ2) is 8.93. The fourth-order valence-corrected chi connectivity index (χ4v) is 0.864. The summed E-state index contributed by atoms with van der Waals surface area (Å²) in [5, 5.41) is 20.4. The van der Waals surface area contributed by atoms with Crippen molar-refractivity contribution in [3.05, 3.63) is 0 Å². The van der Waals surface area contributed by atoms with E-state index in [4.69, 9.17) is 14.9 Å². The molecule has 0 fully saturated rings. The van der Waals surface area contributed by atoms with Crippen molar-refractivity contribution >= 4 is 0 Å². The molecule has 0 rings (SSSR count). The number of aliphatic hydroxyl groups is 2. The first-order chi connectivity index (χ1) is 5.85. The van der Waals surface area contributed by atoms with Gasteiger partial charge in [-0.05, 0) is 19.4 Å². The first-order valence-electron chi connectivity index (χ1n) is 4.29. The number of unbranched alkanes of at least 4 members (excludes halogenated alkanes) is 1. The predicted molar refractivity (Wildman–Crippen MR) is 47.1 cm³/mol. The second-order valence-electron chi connectivity index (χ2n) is 2.72. The lowest BCUT2D eigenvalue weighted by molar-refractivity contribution is 0.167. The largest absolute Gasteiger partial charge is 0.395 e. The molecule has 0 spiro atoms. The van der Waals surface area contributed by atoms with Crippen LogP contribution in [0.2, 0.25) is 0 Å². The topological polar surface area (TPSA) is 61.7 Å². The van der Waals surface area contributed by atoms with Crippen LogP contribution in [0.15, 0.2) is 0 Å². The van der Waals surface area contributed by atoms with E-state index < -0.39 is 0 Å².